The zero-order chi connectivity index (χ0) is 27.2. The number of rotatable bonds is 8. The van der Waals surface area contributed by atoms with Crippen LogP contribution in [0.25, 0.3) is 6.08 Å². The summed E-state index contributed by atoms with van der Waals surface area (Å²) < 4.78 is 6.02. The molecule has 5 rings (SSSR count). The van der Waals surface area contributed by atoms with E-state index < -0.39 is 0 Å². The van der Waals surface area contributed by atoms with Gasteiger partial charge in [0.2, 0.25) is 0 Å². The number of anilines is 1. The number of ether oxygens (including phenoxy) is 1. The number of hydrogen-bond acceptors (Lipinski definition) is 3. The third kappa shape index (κ3) is 6.44. The lowest BCUT2D eigenvalue weighted by atomic mass is 10.1. The van der Waals surface area contributed by atoms with Gasteiger partial charge in [-0.15, -0.1) is 0 Å². The van der Waals surface area contributed by atoms with Gasteiger partial charge in [-0.05, 0) is 73.7 Å². The molecule has 0 aromatic heterocycles. The van der Waals surface area contributed by atoms with E-state index in [0.717, 1.165) is 35.2 Å². The van der Waals surface area contributed by atoms with E-state index in [9.17, 15) is 9.59 Å². The average molecular weight is 517 g/mol. The van der Waals surface area contributed by atoms with Crippen LogP contribution in [0.15, 0.2) is 109 Å². The number of aryl methyl sites for hydroxylation is 2. The van der Waals surface area contributed by atoms with Gasteiger partial charge < -0.3 is 10.1 Å². The normalized spacial score (nSPS) is 14.5. The predicted molar refractivity (Wildman–Crippen MR) is 156 cm³/mol. The Labute approximate surface area is 229 Å². The molecular weight excluding hydrogens is 484 g/mol. The molecule has 2 amide bonds. The first-order valence-corrected chi connectivity index (χ1v) is 13.3. The molecule has 5 nitrogen and oxygen atoms in total. The highest BCUT2D eigenvalue weighted by atomic mass is 16.5. The molecular formula is C34H32N2O3. The van der Waals surface area contributed by atoms with Crippen LogP contribution in [0.4, 0.5) is 5.69 Å². The zero-order valence-corrected chi connectivity index (χ0v) is 22.3. The zero-order valence-electron chi connectivity index (χ0n) is 22.3. The molecule has 0 unspecified atom stereocenters. The third-order valence-electron chi connectivity index (χ3n) is 6.81. The van der Waals surface area contributed by atoms with Gasteiger partial charge in [-0.25, -0.2) is 0 Å². The van der Waals surface area contributed by atoms with Crippen LogP contribution < -0.4 is 15.0 Å². The fourth-order valence-corrected chi connectivity index (χ4v) is 4.70. The molecule has 39 heavy (non-hydrogen) atoms. The molecule has 4 aromatic rings. The van der Waals surface area contributed by atoms with E-state index in [1.807, 2.05) is 86.6 Å². The maximum atomic E-state index is 13.5. The monoisotopic (exact) mass is 516 g/mol. The van der Waals surface area contributed by atoms with Gasteiger partial charge in [0.05, 0.1) is 12.2 Å². The summed E-state index contributed by atoms with van der Waals surface area (Å²) in [6.45, 7) is 4.50. The maximum Gasteiger partial charge on any atom is 0.294 e. The van der Waals surface area contributed by atoms with Gasteiger partial charge in [0.15, 0.2) is 11.5 Å². The van der Waals surface area contributed by atoms with Crippen molar-refractivity contribution in [3.8, 4) is 5.75 Å². The van der Waals surface area contributed by atoms with Crippen LogP contribution in [0.5, 0.6) is 5.75 Å². The molecule has 4 aromatic carbocycles. The lowest BCUT2D eigenvalue weighted by Gasteiger charge is -2.30. The Balaban J connectivity index is 1.28. The first-order valence-electron chi connectivity index (χ1n) is 13.3. The minimum absolute atomic E-state index is 0.0483. The number of carbonyl (C=O) groups excluding carboxylic acids is 2. The van der Waals surface area contributed by atoms with Crippen molar-refractivity contribution in [2.45, 2.75) is 39.3 Å². The smallest absolute Gasteiger partial charge is 0.294 e. The van der Waals surface area contributed by atoms with Gasteiger partial charge in [0.25, 0.3) is 11.8 Å². The van der Waals surface area contributed by atoms with Gasteiger partial charge >= 0.3 is 0 Å². The molecule has 0 saturated carbocycles. The lowest BCUT2D eigenvalue weighted by Crippen LogP contribution is -2.36. The van der Waals surface area contributed by atoms with Crippen molar-refractivity contribution in [3.63, 3.8) is 0 Å². The Morgan fingerprint density at radius 3 is 2.38 bits per heavy atom. The van der Waals surface area contributed by atoms with E-state index in [1.165, 1.54) is 5.56 Å². The minimum atomic E-state index is -0.204. The second-order valence-electron chi connectivity index (χ2n) is 9.98. The van der Waals surface area contributed by atoms with Gasteiger partial charge in [-0.3, -0.25) is 14.5 Å². The molecule has 0 radical (unpaired) electrons. The van der Waals surface area contributed by atoms with Gasteiger partial charge in [0, 0.05) is 11.6 Å². The van der Waals surface area contributed by atoms with E-state index in [0.29, 0.717) is 17.9 Å². The largest absolute Gasteiger partial charge is 0.449 e. The van der Waals surface area contributed by atoms with E-state index in [4.69, 9.17) is 4.74 Å². The topological polar surface area (TPSA) is 58.6 Å². The Bertz CT molecular complexity index is 1490. The fraction of sp³-hybridized carbons (Fsp3) is 0.176. The standard InChI is InChI=1S/C34H32N2O3/c1-24-9-8-12-28(21-24)23-36-30-13-6-7-14-31(30)39-32(34(36)38)22-27-17-19-29(20-18-27)33(37)35-25(2)15-16-26-10-4-3-5-11-26/h3-14,17-22,25H,15-16,23H2,1-2H3,(H,35,37)/b32-22+/t25-/m1/s1. The number of benzene rings is 4. The molecule has 1 atom stereocenters. The second-order valence-corrected chi connectivity index (χ2v) is 9.98. The van der Waals surface area contributed by atoms with Crippen LogP contribution in [-0.2, 0) is 17.8 Å². The number of nitrogens with zero attached hydrogens (tertiary/aromatic N) is 1. The molecule has 196 valence electrons. The Morgan fingerprint density at radius 1 is 0.897 bits per heavy atom. The summed E-state index contributed by atoms with van der Waals surface area (Å²) in [5.41, 5.74) is 5.55. The van der Waals surface area contributed by atoms with Crippen LogP contribution in [-0.4, -0.2) is 17.9 Å². The summed E-state index contributed by atoms with van der Waals surface area (Å²) in [5.74, 6) is 0.562. The van der Waals surface area contributed by atoms with E-state index >= 15 is 0 Å². The van der Waals surface area contributed by atoms with Crippen molar-refractivity contribution in [2.75, 3.05) is 4.90 Å². The van der Waals surface area contributed by atoms with Crippen molar-refractivity contribution < 1.29 is 14.3 Å². The molecule has 1 N–H and O–H groups in total. The molecule has 1 heterocycles. The second kappa shape index (κ2) is 11.8. The van der Waals surface area contributed by atoms with Crippen LogP contribution in [0.3, 0.4) is 0 Å². The van der Waals surface area contributed by atoms with Crippen LogP contribution in [0, 0.1) is 6.92 Å². The molecule has 0 bridgehead atoms. The number of amides is 2. The fourth-order valence-electron chi connectivity index (χ4n) is 4.70. The first-order chi connectivity index (χ1) is 19.0. The van der Waals surface area contributed by atoms with Crippen LogP contribution in [0.2, 0.25) is 0 Å². The molecule has 1 aliphatic heterocycles. The third-order valence-corrected chi connectivity index (χ3v) is 6.81. The summed E-state index contributed by atoms with van der Waals surface area (Å²) in [6.07, 6.45) is 3.50. The molecule has 0 aliphatic carbocycles. The van der Waals surface area contributed by atoms with E-state index in [2.05, 4.69) is 23.5 Å². The Morgan fingerprint density at radius 2 is 1.62 bits per heavy atom. The van der Waals surface area contributed by atoms with Crippen LogP contribution in [0.1, 0.15) is 46.0 Å². The molecule has 1 aliphatic rings. The van der Waals surface area contributed by atoms with Crippen molar-refractivity contribution in [1.82, 2.24) is 5.32 Å². The average Bonchev–Trinajstić information content (AvgIpc) is 2.95. The molecule has 5 heteroatoms. The summed E-state index contributed by atoms with van der Waals surface area (Å²) in [7, 11) is 0. The molecule has 0 spiro atoms. The summed E-state index contributed by atoms with van der Waals surface area (Å²) in [4.78, 5) is 28.0. The summed E-state index contributed by atoms with van der Waals surface area (Å²) in [6, 6.07) is 33.2. The quantitative estimate of drug-likeness (QED) is 0.265. The SMILES string of the molecule is Cc1cccc(CN2C(=O)/C(=C\c3ccc(C(=O)N[C@H](C)CCc4ccccc4)cc3)Oc3ccccc32)c1. The lowest BCUT2D eigenvalue weighted by molar-refractivity contribution is -0.117. The predicted octanol–water partition coefficient (Wildman–Crippen LogP) is 6.71. The highest BCUT2D eigenvalue weighted by molar-refractivity contribution is 6.09. The first kappa shape index (κ1) is 26.0. The highest BCUT2D eigenvalue weighted by Crippen LogP contribution is 2.36. The van der Waals surface area contributed by atoms with Gasteiger partial charge in [0.1, 0.15) is 0 Å². The number of para-hydroxylation sites is 2. The van der Waals surface area contributed by atoms with Crippen LogP contribution >= 0.6 is 0 Å². The Kier molecular flexibility index (Phi) is 7.88. The van der Waals surface area contributed by atoms with Crippen molar-refractivity contribution in [1.29, 1.82) is 0 Å². The van der Waals surface area contributed by atoms with Crippen molar-refractivity contribution in [3.05, 3.63) is 137 Å². The minimum Gasteiger partial charge on any atom is -0.449 e. The number of nitrogens with one attached hydrogen (secondary N) is 1. The van der Waals surface area contributed by atoms with E-state index in [-0.39, 0.29) is 23.6 Å². The number of hydrogen-bond donors (Lipinski definition) is 1. The van der Waals surface area contributed by atoms with Crippen molar-refractivity contribution >= 4 is 23.6 Å². The highest BCUT2D eigenvalue weighted by Gasteiger charge is 2.30. The van der Waals surface area contributed by atoms with Crippen molar-refractivity contribution in [2.24, 2.45) is 0 Å². The summed E-state index contributed by atoms with van der Waals surface area (Å²) >= 11 is 0. The molecule has 0 fully saturated rings. The van der Waals surface area contributed by atoms with Gasteiger partial charge in [-0.2, -0.15) is 0 Å². The summed E-state index contributed by atoms with van der Waals surface area (Å²) in [5, 5.41) is 3.08. The van der Waals surface area contributed by atoms with E-state index in [1.54, 1.807) is 23.1 Å². The Hall–Kier alpha value is -4.64. The maximum absolute atomic E-state index is 13.5. The molecule has 0 saturated heterocycles. The number of fused-ring (bicyclic) bond motifs is 1. The number of carbonyl (C=O) groups is 2. The van der Waals surface area contributed by atoms with Gasteiger partial charge in [-0.1, -0.05) is 84.4 Å².